The maximum Gasteiger partial charge on any atom is 0.220 e. The molecule has 100 valence electrons. The molecule has 1 rings (SSSR count). The Balaban J connectivity index is 2.30. The van der Waals surface area contributed by atoms with E-state index in [0.29, 0.717) is 6.42 Å². The maximum atomic E-state index is 12.7. The summed E-state index contributed by atoms with van der Waals surface area (Å²) in [4.78, 5) is 11.6. The molecule has 0 bridgehead atoms. The van der Waals surface area contributed by atoms with Crippen LogP contribution >= 0.6 is 0 Å². The van der Waals surface area contributed by atoms with Gasteiger partial charge in [0.2, 0.25) is 5.91 Å². The van der Waals surface area contributed by atoms with Gasteiger partial charge in [-0.2, -0.15) is 0 Å². The Kier molecular flexibility index (Phi) is 6.36. The van der Waals surface area contributed by atoms with E-state index >= 15 is 0 Å². The van der Waals surface area contributed by atoms with E-state index < -0.39 is 0 Å². The van der Waals surface area contributed by atoms with Crippen LogP contribution in [0.3, 0.4) is 0 Å². The molecule has 18 heavy (non-hydrogen) atoms. The molecule has 4 heteroatoms. The van der Waals surface area contributed by atoms with E-state index in [4.69, 9.17) is 0 Å². The molecule has 2 N–H and O–H groups in total. The van der Waals surface area contributed by atoms with Crippen molar-refractivity contribution in [2.24, 2.45) is 0 Å². The van der Waals surface area contributed by atoms with Crippen LogP contribution in [0.15, 0.2) is 24.3 Å². The van der Waals surface area contributed by atoms with Gasteiger partial charge in [-0.05, 0) is 51.1 Å². The van der Waals surface area contributed by atoms with Gasteiger partial charge < -0.3 is 10.6 Å². The number of hydrogen-bond acceptors (Lipinski definition) is 2. The van der Waals surface area contributed by atoms with Crippen molar-refractivity contribution in [2.45, 2.75) is 32.2 Å². The van der Waals surface area contributed by atoms with Crippen molar-refractivity contribution < 1.29 is 9.18 Å². The molecule has 0 aliphatic carbocycles. The Morgan fingerprint density at radius 2 is 2.00 bits per heavy atom. The molecule has 1 unspecified atom stereocenters. The van der Waals surface area contributed by atoms with E-state index in [9.17, 15) is 9.18 Å². The van der Waals surface area contributed by atoms with Crippen molar-refractivity contribution >= 4 is 5.91 Å². The predicted octanol–water partition coefficient (Wildman–Crippen LogP) is 1.87. The lowest BCUT2D eigenvalue weighted by atomic mass is 10.1. The average molecular weight is 252 g/mol. The molecule has 0 saturated carbocycles. The Bertz CT molecular complexity index is 365. The first-order chi connectivity index (χ1) is 8.61. The van der Waals surface area contributed by atoms with E-state index in [2.05, 4.69) is 10.6 Å². The third-order valence-electron chi connectivity index (χ3n) is 2.69. The topological polar surface area (TPSA) is 41.1 Å². The van der Waals surface area contributed by atoms with Crippen LogP contribution in [-0.2, 0) is 11.2 Å². The second kappa shape index (κ2) is 7.82. The molecule has 1 aromatic rings. The maximum absolute atomic E-state index is 12.7. The fraction of sp³-hybridized carbons (Fsp3) is 0.500. The Morgan fingerprint density at radius 1 is 1.33 bits per heavy atom. The third kappa shape index (κ3) is 5.77. The molecule has 0 heterocycles. The molecule has 0 spiro atoms. The van der Waals surface area contributed by atoms with Crippen molar-refractivity contribution in [1.29, 1.82) is 0 Å². The number of rotatable bonds is 7. The number of benzene rings is 1. The number of halogens is 1. The molecule has 0 saturated heterocycles. The lowest BCUT2D eigenvalue weighted by Crippen LogP contribution is -2.34. The largest absolute Gasteiger partial charge is 0.353 e. The minimum absolute atomic E-state index is 0.0672. The lowest BCUT2D eigenvalue weighted by molar-refractivity contribution is -0.121. The van der Waals surface area contributed by atoms with Gasteiger partial charge >= 0.3 is 0 Å². The molecule has 0 aliphatic rings. The van der Waals surface area contributed by atoms with E-state index in [0.717, 1.165) is 24.9 Å². The van der Waals surface area contributed by atoms with Crippen LogP contribution in [0.4, 0.5) is 4.39 Å². The van der Waals surface area contributed by atoms with E-state index in [1.165, 1.54) is 12.1 Å². The fourth-order valence-electron chi connectivity index (χ4n) is 1.80. The van der Waals surface area contributed by atoms with Crippen molar-refractivity contribution in [3.8, 4) is 0 Å². The molecule has 3 nitrogen and oxygen atoms in total. The van der Waals surface area contributed by atoms with Crippen molar-refractivity contribution in [2.75, 3.05) is 13.6 Å². The van der Waals surface area contributed by atoms with Crippen molar-refractivity contribution in [3.05, 3.63) is 35.6 Å². The normalized spacial score (nSPS) is 12.2. The highest BCUT2D eigenvalue weighted by Crippen LogP contribution is 2.05. The van der Waals surface area contributed by atoms with Crippen LogP contribution < -0.4 is 10.6 Å². The van der Waals surface area contributed by atoms with E-state index in [1.54, 1.807) is 12.1 Å². The minimum Gasteiger partial charge on any atom is -0.353 e. The third-order valence-corrected chi connectivity index (χ3v) is 2.69. The molecule has 0 aromatic heterocycles. The first kappa shape index (κ1) is 14.6. The van der Waals surface area contributed by atoms with Crippen LogP contribution in [0.25, 0.3) is 0 Å². The van der Waals surface area contributed by atoms with Crippen LogP contribution in [0.2, 0.25) is 0 Å². The molecule has 1 amide bonds. The molecular formula is C14H21FN2O. The van der Waals surface area contributed by atoms with Crippen LogP contribution in [-0.4, -0.2) is 25.5 Å². The number of amides is 1. The van der Waals surface area contributed by atoms with Crippen LogP contribution in [0.5, 0.6) is 0 Å². The van der Waals surface area contributed by atoms with E-state index in [-0.39, 0.29) is 17.8 Å². The van der Waals surface area contributed by atoms with Crippen molar-refractivity contribution in [1.82, 2.24) is 10.6 Å². The van der Waals surface area contributed by atoms with Gasteiger partial charge in [0, 0.05) is 12.5 Å². The van der Waals surface area contributed by atoms with E-state index in [1.807, 2.05) is 14.0 Å². The summed E-state index contributed by atoms with van der Waals surface area (Å²) in [7, 11) is 1.87. The standard InChI is InChI=1S/C14H21FN2O/c1-11(17-14(18)4-3-9-16-2)10-12-5-7-13(15)8-6-12/h5-8,11,16H,3-4,9-10H2,1-2H3,(H,17,18). The van der Waals surface area contributed by atoms with Crippen LogP contribution in [0.1, 0.15) is 25.3 Å². The minimum atomic E-state index is -0.234. The molecule has 0 fully saturated rings. The predicted molar refractivity (Wildman–Crippen MR) is 70.9 cm³/mol. The van der Waals surface area contributed by atoms with Gasteiger partial charge in [-0.3, -0.25) is 4.79 Å². The SMILES string of the molecule is CNCCCC(=O)NC(C)Cc1ccc(F)cc1. The second-order valence-corrected chi connectivity index (χ2v) is 4.51. The zero-order valence-electron chi connectivity index (χ0n) is 11.0. The zero-order valence-corrected chi connectivity index (χ0v) is 11.0. The summed E-state index contributed by atoms with van der Waals surface area (Å²) >= 11 is 0. The smallest absolute Gasteiger partial charge is 0.220 e. The first-order valence-corrected chi connectivity index (χ1v) is 6.30. The summed E-state index contributed by atoms with van der Waals surface area (Å²) in [6.07, 6.45) is 2.10. The van der Waals surface area contributed by atoms with Gasteiger partial charge in [0.1, 0.15) is 5.82 Å². The molecule has 1 aromatic carbocycles. The molecule has 1 atom stereocenters. The summed E-state index contributed by atoms with van der Waals surface area (Å²) < 4.78 is 12.7. The monoisotopic (exact) mass is 252 g/mol. The highest BCUT2D eigenvalue weighted by molar-refractivity contribution is 5.76. The number of nitrogens with one attached hydrogen (secondary N) is 2. The quantitative estimate of drug-likeness (QED) is 0.727. The van der Waals surface area contributed by atoms with Gasteiger partial charge in [-0.1, -0.05) is 12.1 Å². The highest BCUT2D eigenvalue weighted by Gasteiger charge is 2.07. The Hall–Kier alpha value is -1.42. The Labute approximate surface area is 108 Å². The molecule has 0 aliphatic heterocycles. The van der Waals surface area contributed by atoms with Gasteiger partial charge in [0.25, 0.3) is 0 Å². The number of carbonyl (C=O) groups is 1. The average Bonchev–Trinajstić information content (AvgIpc) is 2.32. The van der Waals surface area contributed by atoms with Gasteiger partial charge in [-0.25, -0.2) is 4.39 Å². The molecule has 0 radical (unpaired) electrons. The summed E-state index contributed by atoms with van der Waals surface area (Å²) in [5.41, 5.74) is 1.03. The summed E-state index contributed by atoms with van der Waals surface area (Å²) in [6.45, 7) is 2.80. The lowest BCUT2D eigenvalue weighted by Gasteiger charge is -2.14. The number of hydrogen-bond donors (Lipinski definition) is 2. The number of carbonyl (C=O) groups excluding carboxylic acids is 1. The first-order valence-electron chi connectivity index (χ1n) is 6.30. The summed E-state index contributed by atoms with van der Waals surface area (Å²) in [5.74, 6) is -0.164. The highest BCUT2D eigenvalue weighted by atomic mass is 19.1. The summed E-state index contributed by atoms with van der Waals surface area (Å²) in [6, 6.07) is 6.45. The van der Waals surface area contributed by atoms with Gasteiger partial charge in [0.15, 0.2) is 0 Å². The fourth-order valence-corrected chi connectivity index (χ4v) is 1.80. The summed E-state index contributed by atoms with van der Waals surface area (Å²) in [5, 5.41) is 5.95. The zero-order chi connectivity index (χ0) is 13.4. The van der Waals surface area contributed by atoms with Crippen LogP contribution in [0, 0.1) is 5.82 Å². The second-order valence-electron chi connectivity index (χ2n) is 4.51. The van der Waals surface area contributed by atoms with Gasteiger partial charge in [-0.15, -0.1) is 0 Å². The molecular weight excluding hydrogens is 231 g/mol. The Morgan fingerprint density at radius 3 is 2.61 bits per heavy atom. The van der Waals surface area contributed by atoms with Crippen molar-refractivity contribution in [3.63, 3.8) is 0 Å². The van der Waals surface area contributed by atoms with Gasteiger partial charge in [0.05, 0.1) is 0 Å².